The fraction of sp³-hybridized carbons (Fsp3) is 0.346. The van der Waals surface area contributed by atoms with Crippen LogP contribution in [0.2, 0.25) is 0 Å². The largest absolute Gasteiger partial charge is 0.489 e. The van der Waals surface area contributed by atoms with Crippen molar-refractivity contribution < 1.29 is 9.47 Å². The minimum Gasteiger partial charge on any atom is -0.489 e. The van der Waals surface area contributed by atoms with Gasteiger partial charge in [-0.3, -0.25) is 4.57 Å². The van der Waals surface area contributed by atoms with Gasteiger partial charge in [0, 0.05) is 52.6 Å². The van der Waals surface area contributed by atoms with Gasteiger partial charge < -0.3 is 30.3 Å². The van der Waals surface area contributed by atoms with E-state index in [4.69, 9.17) is 15.2 Å². The molecule has 11 nitrogen and oxygen atoms in total. The molecule has 0 aliphatic carbocycles. The number of likely N-dealkylation sites (N-methyl/N-ethyl adjacent to an activating group) is 2. The molecular weight excluding hydrogens is 472 g/mol. The Bertz CT molecular complexity index is 1430. The van der Waals surface area contributed by atoms with Crippen LogP contribution in [-0.4, -0.2) is 78.6 Å². The van der Waals surface area contributed by atoms with Crippen LogP contribution in [0.5, 0.6) is 5.75 Å². The normalized spacial score (nSPS) is 11.3. The monoisotopic (exact) mass is 506 g/mol. The predicted octanol–water partition coefficient (Wildman–Crippen LogP) is 2.47. The summed E-state index contributed by atoms with van der Waals surface area (Å²) in [6, 6.07) is 13.0. The number of nitrogens with two attached hydrogens (primary N) is 1. The van der Waals surface area contributed by atoms with Crippen molar-refractivity contribution in [2.24, 2.45) is 7.05 Å². The van der Waals surface area contributed by atoms with Crippen LogP contribution in [0.3, 0.4) is 0 Å². The molecule has 11 heteroatoms. The highest BCUT2D eigenvalue weighted by Crippen LogP contribution is 2.36. The number of nitrogen functional groups attached to an aromatic ring is 1. The Morgan fingerprint density at radius 1 is 1.05 bits per heavy atom. The van der Waals surface area contributed by atoms with Gasteiger partial charge in [0.2, 0.25) is 5.95 Å². The number of benzene rings is 2. The topological polar surface area (TPSA) is 116 Å². The van der Waals surface area contributed by atoms with Gasteiger partial charge >= 0.3 is 5.69 Å². The molecule has 0 fully saturated rings. The third-order valence-corrected chi connectivity index (χ3v) is 6.05. The number of nitrogens with one attached hydrogen (secondary N) is 1. The average molecular weight is 507 g/mol. The summed E-state index contributed by atoms with van der Waals surface area (Å²) in [5.74, 6) is 1.35. The fourth-order valence-corrected chi connectivity index (χ4v) is 4.01. The van der Waals surface area contributed by atoms with Crippen LogP contribution in [0.4, 0.5) is 23.0 Å². The minimum atomic E-state index is -0.191. The smallest absolute Gasteiger partial charge is 0.334 e. The van der Waals surface area contributed by atoms with Gasteiger partial charge in [0.05, 0.1) is 34.7 Å². The number of aryl methyl sites for hydroxylation is 1. The van der Waals surface area contributed by atoms with Crippen molar-refractivity contribution >= 4 is 34.0 Å². The second kappa shape index (κ2) is 11.3. The summed E-state index contributed by atoms with van der Waals surface area (Å²) in [4.78, 5) is 26.2. The van der Waals surface area contributed by atoms with Crippen LogP contribution in [0.25, 0.3) is 16.9 Å². The van der Waals surface area contributed by atoms with E-state index in [1.807, 2.05) is 57.5 Å². The molecule has 37 heavy (non-hydrogen) atoms. The second-order valence-corrected chi connectivity index (χ2v) is 9.00. The zero-order chi connectivity index (χ0) is 26.5. The zero-order valence-corrected chi connectivity index (χ0v) is 21.9. The molecular formula is C26H34N8O3. The van der Waals surface area contributed by atoms with Crippen molar-refractivity contribution in [3.63, 3.8) is 0 Å². The van der Waals surface area contributed by atoms with E-state index in [-0.39, 0.29) is 5.69 Å². The standard InChI is InChI=1S/C26H34N8O3/c1-31(2)12-13-32(3)22-17-23(37-15-14-36-5)19(16-18(22)27)29-25-28-11-10-24(30-25)34-21-9-7-6-8-20(21)33(4)26(34)35/h6-11,16-17H,12-15,27H2,1-5H3,(H,28,29,30). The summed E-state index contributed by atoms with van der Waals surface area (Å²) in [6.07, 6.45) is 1.61. The molecule has 0 atom stereocenters. The lowest BCUT2D eigenvalue weighted by molar-refractivity contribution is 0.146. The number of hydrogen-bond acceptors (Lipinski definition) is 9. The highest BCUT2D eigenvalue weighted by molar-refractivity contribution is 5.80. The Balaban J connectivity index is 1.69. The van der Waals surface area contributed by atoms with Crippen molar-refractivity contribution in [2.75, 3.05) is 70.5 Å². The van der Waals surface area contributed by atoms with E-state index in [0.717, 1.165) is 29.8 Å². The van der Waals surface area contributed by atoms with Gasteiger partial charge in [-0.15, -0.1) is 0 Å². The third-order valence-electron chi connectivity index (χ3n) is 6.05. The Morgan fingerprint density at radius 2 is 1.81 bits per heavy atom. The summed E-state index contributed by atoms with van der Waals surface area (Å²) in [5.41, 5.74) is 9.89. The van der Waals surface area contributed by atoms with Crippen LogP contribution in [0.1, 0.15) is 0 Å². The Kier molecular flexibility index (Phi) is 7.95. The number of para-hydroxylation sites is 2. The quantitative estimate of drug-likeness (QED) is 0.234. The van der Waals surface area contributed by atoms with Gasteiger partial charge in [-0.1, -0.05) is 12.1 Å². The first-order valence-corrected chi connectivity index (χ1v) is 12.0. The molecule has 0 amide bonds. The number of rotatable bonds is 11. The minimum absolute atomic E-state index is 0.191. The lowest BCUT2D eigenvalue weighted by Crippen LogP contribution is -2.29. The maximum Gasteiger partial charge on any atom is 0.334 e. The third kappa shape index (κ3) is 5.68. The molecule has 2 aromatic heterocycles. The molecule has 2 heterocycles. The van der Waals surface area contributed by atoms with Crippen molar-refractivity contribution in [2.45, 2.75) is 0 Å². The number of aromatic nitrogens is 4. The highest BCUT2D eigenvalue weighted by atomic mass is 16.5. The first-order valence-electron chi connectivity index (χ1n) is 12.0. The molecule has 4 rings (SSSR count). The molecule has 0 aliphatic heterocycles. The summed E-state index contributed by atoms with van der Waals surface area (Å²) < 4.78 is 14.3. The lowest BCUT2D eigenvalue weighted by Gasteiger charge is -2.25. The number of fused-ring (bicyclic) bond motifs is 1. The predicted molar refractivity (Wildman–Crippen MR) is 147 cm³/mol. The maximum atomic E-state index is 13.0. The second-order valence-electron chi connectivity index (χ2n) is 9.00. The molecule has 0 aliphatic rings. The number of imidazole rings is 1. The molecule has 0 radical (unpaired) electrons. The maximum absolute atomic E-state index is 13.0. The van der Waals surface area contributed by atoms with E-state index in [2.05, 4.69) is 25.1 Å². The first kappa shape index (κ1) is 26.0. The summed E-state index contributed by atoms with van der Waals surface area (Å²) in [5, 5.41) is 3.22. The number of hydrogen-bond donors (Lipinski definition) is 2. The van der Waals surface area contributed by atoms with Gasteiger partial charge in [-0.25, -0.2) is 14.3 Å². The van der Waals surface area contributed by atoms with Crippen LogP contribution in [0, 0.1) is 0 Å². The molecule has 0 unspecified atom stereocenters. The van der Waals surface area contributed by atoms with Crippen molar-refractivity contribution in [1.82, 2.24) is 24.0 Å². The molecule has 0 bridgehead atoms. The molecule has 3 N–H and O–H groups in total. The lowest BCUT2D eigenvalue weighted by atomic mass is 10.2. The van der Waals surface area contributed by atoms with Gasteiger partial charge in [0.15, 0.2) is 0 Å². The van der Waals surface area contributed by atoms with Crippen LogP contribution in [-0.2, 0) is 11.8 Å². The van der Waals surface area contributed by atoms with E-state index in [0.29, 0.717) is 42.1 Å². The van der Waals surface area contributed by atoms with Crippen LogP contribution in [0.15, 0.2) is 53.5 Å². The van der Waals surface area contributed by atoms with E-state index in [1.165, 1.54) is 0 Å². The number of ether oxygens (including phenoxy) is 2. The van der Waals surface area contributed by atoms with Crippen LogP contribution < -0.4 is 26.4 Å². The summed E-state index contributed by atoms with van der Waals surface area (Å²) >= 11 is 0. The van der Waals surface area contributed by atoms with E-state index in [1.54, 1.807) is 35.6 Å². The zero-order valence-electron chi connectivity index (χ0n) is 21.9. The van der Waals surface area contributed by atoms with Crippen molar-refractivity contribution in [3.8, 4) is 11.6 Å². The highest BCUT2D eigenvalue weighted by Gasteiger charge is 2.16. The number of anilines is 4. The fourth-order valence-electron chi connectivity index (χ4n) is 4.01. The molecule has 0 saturated carbocycles. The molecule has 0 saturated heterocycles. The average Bonchev–Trinajstić information content (AvgIpc) is 3.14. The summed E-state index contributed by atoms with van der Waals surface area (Å²) in [7, 11) is 9.43. The molecule has 0 spiro atoms. The Morgan fingerprint density at radius 3 is 2.54 bits per heavy atom. The number of nitrogens with zero attached hydrogens (tertiary/aromatic N) is 6. The van der Waals surface area contributed by atoms with E-state index >= 15 is 0 Å². The van der Waals surface area contributed by atoms with E-state index < -0.39 is 0 Å². The SMILES string of the molecule is COCCOc1cc(N(C)CCN(C)C)c(N)cc1Nc1nccc(-n2c(=O)n(C)c3ccccc32)n1. The van der Waals surface area contributed by atoms with Gasteiger partial charge in [-0.05, 0) is 32.3 Å². The molecule has 2 aromatic carbocycles. The van der Waals surface area contributed by atoms with Crippen molar-refractivity contribution in [3.05, 3.63) is 59.1 Å². The molecule has 196 valence electrons. The Labute approximate surface area is 216 Å². The Hall–Kier alpha value is -4.09. The van der Waals surface area contributed by atoms with Gasteiger partial charge in [0.25, 0.3) is 0 Å². The van der Waals surface area contributed by atoms with E-state index in [9.17, 15) is 4.79 Å². The first-order chi connectivity index (χ1) is 17.8. The number of methoxy groups -OCH3 is 1. The van der Waals surface area contributed by atoms with Gasteiger partial charge in [-0.2, -0.15) is 4.98 Å². The summed E-state index contributed by atoms with van der Waals surface area (Å²) in [6.45, 7) is 2.48. The molecule has 4 aromatic rings. The van der Waals surface area contributed by atoms with Gasteiger partial charge in [0.1, 0.15) is 18.2 Å². The van der Waals surface area contributed by atoms with Crippen molar-refractivity contribution in [1.29, 1.82) is 0 Å². The van der Waals surface area contributed by atoms with Crippen LogP contribution >= 0.6 is 0 Å².